The first-order chi connectivity index (χ1) is 50.4. The van der Waals surface area contributed by atoms with Crippen molar-refractivity contribution in [3.63, 3.8) is 0 Å². The second kappa shape index (κ2) is 48.0. The van der Waals surface area contributed by atoms with Gasteiger partial charge < -0.3 is 10.2 Å². The molecular formula is C89H23F6N7S2. The van der Waals surface area contributed by atoms with E-state index in [1.165, 1.54) is 23.1 Å². The summed E-state index contributed by atoms with van der Waals surface area (Å²) in [4.78, 5) is 10.4. The van der Waals surface area contributed by atoms with Crippen LogP contribution in [-0.2, 0) is 12.4 Å². The number of nitriles is 2. The molecule has 468 valence electrons. The first kappa shape index (κ1) is 80.4. The number of alkyl halides is 6. The minimum atomic E-state index is -4.84. The summed E-state index contributed by atoms with van der Waals surface area (Å²) >= 11 is 11.1. The number of benzene rings is 3. The highest BCUT2D eigenvalue weighted by Crippen LogP contribution is 2.43. The van der Waals surface area contributed by atoms with Crippen LogP contribution in [0.25, 0.3) is 4.85 Å². The van der Waals surface area contributed by atoms with Gasteiger partial charge >= 0.3 is 12.4 Å². The fraction of sp³-hybridized carbons (Fsp3) is 0.0787. The van der Waals surface area contributed by atoms with Gasteiger partial charge in [-0.05, 0) is 142 Å². The molecule has 0 bridgehead atoms. The van der Waals surface area contributed by atoms with Crippen LogP contribution in [-0.4, -0.2) is 21.6 Å². The Bertz CT molecular complexity index is 6350. The van der Waals surface area contributed by atoms with Crippen molar-refractivity contribution in [2.45, 2.75) is 45.6 Å². The quantitative estimate of drug-likeness (QED) is 0.121. The number of hydrogen-bond acceptors (Lipinski definition) is 4. The van der Waals surface area contributed by atoms with Gasteiger partial charge in [0.1, 0.15) is 11.4 Å². The minimum Gasteiger partial charge on any atom is -0.331 e. The molecule has 0 spiro atoms. The van der Waals surface area contributed by atoms with Crippen LogP contribution < -0.4 is 15.1 Å². The van der Waals surface area contributed by atoms with E-state index >= 15 is 0 Å². The summed E-state index contributed by atoms with van der Waals surface area (Å²) in [5, 5.41) is 19.6. The molecule has 0 unspecified atom stereocenters. The van der Waals surface area contributed by atoms with Gasteiger partial charge in [-0.15, -0.1) is 0 Å². The zero-order valence-corrected chi connectivity index (χ0v) is 55.2. The SMILES string of the molecule is CC#CC#CC#CC#CC#CC#CC#CC#CC#CC#CC#CC#CC#CC#CC#CC#CC#CC#CC#CC#CC#CC#CC#CC#CC#CC#CC#CC#CC#CC#N.[C-]#[N+]c1ccc(N2C(=S)N(c3ccc(C)cc3)C(C)(C)C2=NC(=S)Nc2ccc(C#N)c(C(F)(F)F)c2)cc1C(F)(F)F. The predicted octanol–water partition coefficient (Wildman–Crippen LogP) is 9.27. The number of nitrogens with one attached hydrogen (secondary N) is 1. The van der Waals surface area contributed by atoms with E-state index in [0.29, 0.717) is 11.8 Å². The zero-order chi connectivity index (χ0) is 75.6. The van der Waals surface area contributed by atoms with Gasteiger partial charge in [0.2, 0.25) is 0 Å². The lowest BCUT2D eigenvalue weighted by molar-refractivity contribution is -0.138. The molecule has 1 heterocycles. The molecule has 0 aromatic heterocycles. The Morgan fingerprint density at radius 2 is 0.731 bits per heavy atom. The third-order valence-corrected chi connectivity index (χ3v) is 10.8. The van der Waals surface area contributed by atoms with Crippen LogP contribution in [0.3, 0.4) is 0 Å². The molecule has 4 rings (SSSR count). The molecule has 1 aliphatic rings. The number of nitrogens with zero attached hydrogens (tertiary/aromatic N) is 6. The highest BCUT2D eigenvalue weighted by atomic mass is 32.1. The first-order valence-electron chi connectivity index (χ1n) is 27.5. The molecule has 0 saturated carbocycles. The summed E-state index contributed by atoms with van der Waals surface area (Å²) in [6, 6.07) is 16.4. The van der Waals surface area contributed by atoms with Crippen molar-refractivity contribution in [1.29, 1.82) is 10.5 Å². The first-order valence-corrected chi connectivity index (χ1v) is 28.3. The number of amidine groups is 1. The van der Waals surface area contributed by atoms with E-state index in [4.69, 9.17) is 41.5 Å². The van der Waals surface area contributed by atoms with E-state index in [1.54, 1.807) is 43.9 Å². The lowest BCUT2D eigenvalue weighted by atomic mass is 10.0. The largest absolute Gasteiger partial charge is 0.417 e. The number of aliphatic imine (C=N–C) groups is 1. The van der Waals surface area contributed by atoms with Crippen LogP contribution in [0.2, 0.25) is 0 Å². The van der Waals surface area contributed by atoms with E-state index in [-0.39, 0.29) is 27.4 Å². The summed E-state index contributed by atoms with van der Waals surface area (Å²) in [7, 11) is 0. The van der Waals surface area contributed by atoms with Crippen molar-refractivity contribution in [2.75, 3.05) is 15.1 Å². The topological polar surface area (TPSA) is 82.8 Å². The Balaban J connectivity index is 0.000000570. The molecule has 0 radical (unpaired) electrons. The molecule has 1 saturated heterocycles. The zero-order valence-electron chi connectivity index (χ0n) is 53.5. The lowest BCUT2D eigenvalue weighted by Gasteiger charge is -2.31. The van der Waals surface area contributed by atoms with Gasteiger partial charge in [-0.25, -0.2) is 9.84 Å². The average molecular weight is 1370 g/mol. The number of hydrogen-bond donors (Lipinski definition) is 1. The second-order valence-corrected chi connectivity index (χ2v) is 18.1. The maximum absolute atomic E-state index is 13.9. The number of anilines is 3. The summed E-state index contributed by atoms with van der Waals surface area (Å²) in [5.41, 5.74) is -3.27. The van der Waals surface area contributed by atoms with E-state index in [2.05, 4.69) is 359 Å². The average Bonchev–Trinajstić information content (AvgIpc) is 1.57. The van der Waals surface area contributed by atoms with E-state index < -0.39 is 40.3 Å². The van der Waals surface area contributed by atoms with Crippen LogP contribution >= 0.6 is 24.4 Å². The summed E-state index contributed by atoms with van der Waals surface area (Å²) in [6.07, 6.45) is -9.65. The highest BCUT2D eigenvalue weighted by molar-refractivity contribution is 7.81. The van der Waals surface area contributed by atoms with Gasteiger partial charge in [0.05, 0.1) is 29.3 Å². The van der Waals surface area contributed by atoms with E-state index in [9.17, 15) is 26.3 Å². The molecule has 3 aromatic rings. The van der Waals surface area contributed by atoms with Crippen LogP contribution in [0.15, 0.2) is 65.7 Å². The number of halogens is 6. The fourth-order valence-corrected chi connectivity index (χ4v) is 7.08. The van der Waals surface area contributed by atoms with Crippen molar-refractivity contribution >= 4 is 63.2 Å². The fourth-order valence-electron chi connectivity index (χ4n) is 6.35. The minimum absolute atomic E-state index is 0.0494. The lowest BCUT2D eigenvalue weighted by Crippen LogP contribution is -2.45. The molecule has 1 N–H and O–H groups in total. The Morgan fingerprint density at radius 1 is 0.433 bits per heavy atom. The molecular weight excluding hydrogens is 1350 g/mol. The number of aryl methyl sites for hydroxylation is 1. The molecule has 1 fully saturated rings. The second-order valence-electron chi connectivity index (χ2n) is 17.4. The summed E-state index contributed by atoms with van der Waals surface area (Å²) in [6.45, 7) is 14.2. The van der Waals surface area contributed by atoms with Crippen molar-refractivity contribution < 1.29 is 26.3 Å². The van der Waals surface area contributed by atoms with Crippen LogP contribution in [0, 0.1) is 380 Å². The molecule has 104 heavy (non-hydrogen) atoms. The molecule has 0 amide bonds. The van der Waals surface area contributed by atoms with Crippen LogP contribution in [0.4, 0.5) is 49.1 Å². The van der Waals surface area contributed by atoms with Gasteiger partial charge in [-0.1, -0.05) is 29.7 Å². The Morgan fingerprint density at radius 3 is 1.01 bits per heavy atom. The molecule has 7 nitrogen and oxygen atoms in total. The third-order valence-electron chi connectivity index (χ3n) is 10.2. The van der Waals surface area contributed by atoms with Crippen molar-refractivity contribution in [3.05, 3.63) is 94.3 Å². The van der Waals surface area contributed by atoms with Crippen molar-refractivity contribution in [1.82, 2.24) is 0 Å². The van der Waals surface area contributed by atoms with Gasteiger partial charge in [0.15, 0.2) is 22.0 Å². The van der Waals surface area contributed by atoms with Crippen molar-refractivity contribution in [2.24, 2.45) is 4.99 Å². The molecule has 1 aliphatic heterocycles. The highest BCUT2D eigenvalue weighted by Gasteiger charge is 2.49. The maximum Gasteiger partial charge on any atom is 0.417 e. The molecule has 0 atom stereocenters. The normalized spacial score (nSPS) is 8.84. The van der Waals surface area contributed by atoms with Gasteiger partial charge in [-0.2, -0.15) is 36.9 Å². The Hall–Kier alpha value is -17.8. The summed E-state index contributed by atoms with van der Waals surface area (Å²) < 4.78 is 82.2. The van der Waals surface area contributed by atoms with E-state index in [0.717, 1.165) is 23.8 Å². The Labute approximate surface area is 611 Å². The van der Waals surface area contributed by atoms with Crippen molar-refractivity contribution in [3.8, 4) is 356 Å². The standard InChI is InChI=1S/C60H3N.C29H20F6N6S2/c1-2-3-4-5-6-7-8-9-10-11-12-13-14-15-16-17-18-19-20-21-22-23-24-25-26-27-28-29-30-31-32-33-34-35-36-37-38-39-40-41-42-43-44-45-46-47-48-49-50-51-52-53-54-55-56-57-58-59-60-61;1-16-5-9-19(10-6-16)41-26(43)40(20-11-12-23(37-4)22(14-20)29(33,34)35)24(27(41,2)3)39-25(42)38-18-8-7-17(15-36)21(13-18)28(30,31)32/h1H3;5-14H,1-3H3,(H,38,42). The number of thiocarbonyl (C=S) groups is 2. The van der Waals surface area contributed by atoms with E-state index in [1.807, 2.05) is 19.1 Å². The van der Waals surface area contributed by atoms with Gasteiger partial charge in [0.25, 0.3) is 0 Å². The van der Waals surface area contributed by atoms with Gasteiger partial charge in [-0.3, -0.25) is 4.90 Å². The van der Waals surface area contributed by atoms with Crippen LogP contribution in [0.1, 0.15) is 43.0 Å². The molecule has 3 aromatic carbocycles. The third kappa shape index (κ3) is 33.3. The maximum atomic E-state index is 13.9. The molecule has 15 heteroatoms. The molecule has 0 aliphatic carbocycles. The smallest absolute Gasteiger partial charge is 0.331 e. The predicted molar refractivity (Wildman–Crippen MR) is 397 cm³/mol. The number of rotatable bonds is 3. The Kier molecular flexibility index (Phi) is 37.1. The monoisotopic (exact) mass is 1370 g/mol. The summed E-state index contributed by atoms with van der Waals surface area (Å²) in [5.74, 6) is 144. The van der Waals surface area contributed by atoms with Crippen LogP contribution in [0.5, 0.6) is 0 Å². The van der Waals surface area contributed by atoms with Gasteiger partial charge in [0, 0.05) is 307 Å².